The Balaban J connectivity index is 2.11. The van der Waals surface area contributed by atoms with Crippen molar-refractivity contribution in [2.24, 2.45) is 5.92 Å². The Bertz CT molecular complexity index is 446. The molecule has 0 aromatic heterocycles. The Morgan fingerprint density at radius 3 is 2.82 bits per heavy atom. The Kier molecular flexibility index (Phi) is 3.44. The Hall–Kier alpha value is -1.40. The predicted octanol–water partition coefficient (Wildman–Crippen LogP) is 2.93. The van der Waals surface area contributed by atoms with E-state index in [1.54, 1.807) is 6.07 Å². The van der Waals surface area contributed by atoms with Crippen molar-refractivity contribution >= 4 is 0 Å². The summed E-state index contributed by atoms with van der Waals surface area (Å²) in [4.78, 5) is 2.20. The summed E-state index contributed by atoms with van der Waals surface area (Å²) in [5, 5.41) is 8.99. The minimum Gasteiger partial charge on any atom is -0.299 e. The summed E-state index contributed by atoms with van der Waals surface area (Å²) < 4.78 is 13.2. The van der Waals surface area contributed by atoms with E-state index in [9.17, 15) is 4.39 Å². The monoisotopic (exact) mass is 232 g/mol. The third-order valence-corrected chi connectivity index (χ3v) is 3.61. The fraction of sp³-hybridized carbons (Fsp3) is 0.500. The van der Waals surface area contributed by atoms with Crippen LogP contribution in [0.4, 0.5) is 4.39 Å². The maximum Gasteiger partial charge on any atom is 0.123 e. The Morgan fingerprint density at radius 1 is 1.53 bits per heavy atom. The van der Waals surface area contributed by atoms with Crippen molar-refractivity contribution in [2.75, 3.05) is 7.05 Å². The van der Waals surface area contributed by atoms with Gasteiger partial charge in [-0.05, 0) is 56.5 Å². The lowest BCUT2D eigenvalue weighted by molar-refractivity contribution is 0.226. The van der Waals surface area contributed by atoms with Crippen molar-refractivity contribution in [3.8, 4) is 6.07 Å². The number of hydrogen-bond acceptors (Lipinski definition) is 2. The van der Waals surface area contributed by atoms with E-state index in [2.05, 4.69) is 17.9 Å². The number of nitriles is 1. The van der Waals surface area contributed by atoms with Crippen LogP contribution in [0.2, 0.25) is 0 Å². The molecule has 1 aliphatic rings. The third kappa shape index (κ3) is 2.83. The molecule has 0 bridgehead atoms. The SMILES string of the molecule is CC(C1CC1)N(C)Cc1cc(F)ccc1C#N. The van der Waals surface area contributed by atoms with Crippen LogP contribution in [0.25, 0.3) is 0 Å². The van der Waals surface area contributed by atoms with E-state index < -0.39 is 0 Å². The second-order valence-electron chi connectivity index (χ2n) is 4.91. The normalized spacial score (nSPS) is 16.9. The first-order valence-electron chi connectivity index (χ1n) is 6.00. The molecular formula is C14H17FN2. The van der Waals surface area contributed by atoms with Gasteiger partial charge in [-0.2, -0.15) is 5.26 Å². The van der Waals surface area contributed by atoms with Gasteiger partial charge in [0.25, 0.3) is 0 Å². The van der Waals surface area contributed by atoms with Crippen molar-refractivity contribution in [2.45, 2.75) is 32.4 Å². The molecule has 0 heterocycles. The van der Waals surface area contributed by atoms with Crippen LogP contribution in [0, 0.1) is 23.1 Å². The van der Waals surface area contributed by atoms with Crippen LogP contribution in [0.1, 0.15) is 30.9 Å². The average molecular weight is 232 g/mol. The minimum absolute atomic E-state index is 0.272. The summed E-state index contributed by atoms with van der Waals surface area (Å²) in [6, 6.07) is 6.99. The molecule has 1 aromatic rings. The Labute approximate surface area is 102 Å². The summed E-state index contributed by atoms with van der Waals surface area (Å²) in [6.07, 6.45) is 2.58. The second-order valence-corrected chi connectivity index (χ2v) is 4.91. The van der Waals surface area contributed by atoms with Gasteiger partial charge in [-0.15, -0.1) is 0 Å². The van der Waals surface area contributed by atoms with Gasteiger partial charge in [0.05, 0.1) is 11.6 Å². The summed E-state index contributed by atoms with van der Waals surface area (Å²) >= 11 is 0. The first-order chi connectivity index (χ1) is 8.11. The first-order valence-corrected chi connectivity index (χ1v) is 6.00. The van der Waals surface area contributed by atoms with E-state index in [1.807, 2.05) is 7.05 Å². The van der Waals surface area contributed by atoms with Gasteiger partial charge < -0.3 is 0 Å². The molecule has 0 saturated heterocycles. The van der Waals surface area contributed by atoms with Crippen LogP contribution < -0.4 is 0 Å². The highest BCUT2D eigenvalue weighted by Crippen LogP contribution is 2.35. The van der Waals surface area contributed by atoms with Gasteiger partial charge in [-0.25, -0.2) is 4.39 Å². The molecule has 3 heteroatoms. The van der Waals surface area contributed by atoms with Gasteiger partial charge in [0.2, 0.25) is 0 Å². The molecule has 0 N–H and O–H groups in total. The fourth-order valence-electron chi connectivity index (χ4n) is 2.15. The molecule has 1 fully saturated rings. The number of nitrogens with zero attached hydrogens (tertiary/aromatic N) is 2. The van der Waals surface area contributed by atoms with E-state index in [0.29, 0.717) is 18.2 Å². The van der Waals surface area contributed by atoms with Crippen LogP contribution in [-0.4, -0.2) is 18.0 Å². The third-order valence-electron chi connectivity index (χ3n) is 3.61. The maximum atomic E-state index is 13.2. The van der Waals surface area contributed by atoms with Gasteiger partial charge in [-0.3, -0.25) is 4.90 Å². The number of hydrogen-bond donors (Lipinski definition) is 0. The molecule has 1 aliphatic carbocycles. The van der Waals surface area contributed by atoms with Crippen molar-refractivity contribution in [1.29, 1.82) is 5.26 Å². The largest absolute Gasteiger partial charge is 0.299 e. The van der Waals surface area contributed by atoms with Crippen molar-refractivity contribution in [3.05, 3.63) is 35.1 Å². The van der Waals surface area contributed by atoms with Crippen LogP contribution in [0.3, 0.4) is 0 Å². The summed E-state index contributed by atoms with van der Waals surface area (Å²) in [5.41, 5.74) is 1.35. The van der Waals surface area contributed by atoms with Gasteiger partial charge in [0.15, 0.2) is 0 Å². The van der Waals surface area contributed by atoms with E-state index >= 15 is 0 Å². The van der Waals surface area contributed by atoms with Gasteiger partial charge in [0, 0.05) is 12.6 Å². The lowest BCUT2D eigenvalue weighted by Crippen LogP contribution is -2.30. The van der Waals surface area contributed by atoms with E-state index in [-0.39, 0.29) is 5.82 Å². The molecular weight excluding hydrogens is 215 g/mol. The van der Waals surface area contributed by atoms with Crippen molar-refractivity contribution in [1.82, 2.24) is 4.90 Å². The molecule has 2 nitrogen and oxygen atoms in total. The maximum absolute atomic E-state index is 13.2. The molecule has 17 heavy (non-hydrogen) atoms. The van der Waals surface area contributed by atoms with E-state index in [1.165, 1.54) is 25.0 Å². The molecule has 2 rings (SSSR count). The van der Waals surface area contributed by atoms with E-state index in [4.69, 9.17) is 5.26 Å². The zero-order valence-corrected chi connectivity index (χ0v) is 10.3. The van der Waals surface area contributed by atoms with Crippen LogP contribution in [0.15, 0.2) is 18.2 Å². The highest BCUT2D eigenvalue weighted by molar-refractivity contribution is 5.37. The number of rotatable bonds is 4. The molecule has 1 saturated carbocycles. The predicted molar refractivity (Wildman–Crippen MR) is 64.8 cm³/mol. The molecule has 90 valence electrons. The van der Waals surface area contributed by atoms with Gasteiger partial charge >= 0.3 is 0 Å². The molecule has 1 aromatic carbocycles. The fourth-order valence-corrected chi connectivity index (χ4v) is 2.15. The van der Waals surface area contributed by atoms with E-state index in [0.717, 1.165) is 11.5 Å². The first kappa shape index (κ1) is 12.1. The van der Waals surface area contributed by atoms with Crippen LogP contribution in [-0.2, 0) is 6.54 Å². The van der Waals surface area contributed by atoms with Gasteiger partial charge in [0.1, 0.15) is 5.82 Å². The zero-order chi connectivity index (χ0) is 12.4. The summed E-state index contributed by atoms with van der Waals surface area (Å²) in [7, 11) is 2.04. The lowest BCUT2D eigenvalue weighted by atomic mass is 10.1. The molecule has 0 aliphatic heterocycles. The van der Waals surface area contributed by atoms with Crippen molar-refractivity contribution < 1.29 is 4.39 Å². The number of halogens is 1. The summed E-state index contributed by atoms with van der Waals surface area (Å²) in [6.45, 7) is 2.83. The quantitative estimate of drug-likeness (QED) is 0.798. The van der Waals surface area contributed by atoms with Crippen molar-refractivity contribution in [3.63, 3.8) is 0 Å². The standard InChI is InChI=1S/C14H17FN2/c1-10(11-3-4-11)17(2)9-13-7-14(15)6-5-12(13)8-16/h5-7,10-11H,3-4,9H2,1-2H3. The topological polar surface area (TPSA) is 27.0 Å². The van der Waals surface area contributed by atoms with Gasteiger partial charge in [-0.1, -0.05) is 0 Å². The highest BCUT2D eigenvalue weighted by Gasteiger charge is 2.30. The molecule has 0 spiro atoms. The van der Waals surface area contributed by atoms with Crippen LogP contribution >= 0.6 is 0 Å². The number of benzene rings is 1. The minimum atomic E-state index is -0.272. The van der Waals surface area contributed by atoms with Crippen LogP contribution in [0.5, 0.6) is 0 Å². The lowest BCUT2D eigenvalue weighted by Gasteiger charge is -2.25. The summed E-state index contributed by atoms with van der Waals surface area (Å²) in [5.74, 6) is 0.505. The average Bonchev–Trinajstić information content (AvgIpc) is 3.12. The molecule has 1 atom stereocenters. The molecule has 1 unspecified atom stereocenters. The smallest absolute Gasteiger partial charge is 0.123 e. The molecule has 0 radical (unpaired) electrons. The molecule has 0 amide bonds. The Morgan fingerprint density at radius 2 is 2.24 bits per heavy atom. The highest BCUT2D eigenvalue weighted by atomic mass is 19.1. The second kappa shape index (κ2) is 4.85. The zero-order valence-electron chi connectivity index (χ0n) is 10.3.